The van der Waals surface area contributed by atoms with Crippen LogP contribution < -0.4 is 5.32 Å². The van der Waals surface area contributed by atoms with Crippen LogP contribution in [0.25, 0.3) is 0 Å². The van der Waals surface area contributed by atoms with Gasteiger partial charge in [-0.2, -0.15) is 0 Å². The highest BCUT2D eigenvalue weighted by molar-refractivity contribution is 5.22. The van der Waals surface area contributed by atoms with Crippen LogP contribution in [0.5, 0.6) is 0 Å². The lowest BCUT2D eigenvalue weighted by atomic mass is 10.0. The number of nitrogens with zero attached hydrogens (tertiary/aromatic N) is 1. The Labute approximate surface area is 115 Å². The first-order valence-corrected chi connectivity index (χ1v) is 7.01. The number of hydrogen-bond acceptors (Lipinski definition) is 2. The largest absolute Gasteiger partial charge is 0.349 e. The second-order valence-corrected chi connectivity index (χ2v) is 5.38. The standard InChI is InChI=1S/C16H23N3/c1-13(2)11-14-3-5-15(6-4-14)12-17-8-7-16-18-9-10-19-16/h3-6,9-10,13,17H,7-8,11-12H2,1-2H3,(H,18,19). The van der Waals surface area contributed by atoms with Crippen LogP contribution in [0.1, 0.15) is 30.8 Å². The van der Waals surface area contributed by atoms with E-state index in [0.29, 0.717) is 0 Å². The van der Waals surface area contributed by atoms with Crippen molar-refractivity contribution in [3.63, 3.8) is 0 Å². The summed E-state index contributed by atoms with van der Waals surface area (Å²) < 4.78 is 0. The minimum absolute atomic E-state index is 0.720. The first-order valence-electron chi connectivity index (χ1n) is 7.01. The van der Waals surface area contributed by atoms with Gasteiger partial charge in [-0.3, -0.25) is 0 Å². The zero-order valence-corrected chi connectivity index (χ0v) is 11.8. The SMILES string of the molecule is CC(C)Cc1ccc(CNCCc2ncc[nH]2)cc1. The number of aromatic amines is 1. The molecule has 0 amide bonds. The molecule has 0 unspecified atom stereocenters. The van der Waals surface area contributed by atoms with Gasteiger partial charge in [-0.15, -0.1) is 0 Å². The molecule has 1 aromatic carbocycles. The summed E-state index contributed by atoms with van der Waals surface area (Å²) in [7, 11) is 0. The molecule has 3 heteroatoms. The molecule has 3 nitrogen and oxygen atoms in total. The average molecular weight is 257 g/mol. The highest BCUT2D eigenvalue weighted by atomic mass is 14.9. The minimum Gasteiger partial charge on any atom is -0.349 e. The highest BCUT2D eigenvalue weighted by Gasteiger charge is 1.99. The monoisotopic (exact) mass is 257 g/mol. The summed E-state index contributed by atoms with van der Waals surface area (Å²) in [6, 6.07) is 8.92. The van der Waals surface area contributed by atoms with Crippen LogP contribution in [0.15, 0.2) is 36.7 Å². The number of aromatic nitrogens is 2. The van der Waals surface area contributed by atoms with Crippen LogP contribution in [0.3, 0.4) is 0 Å². The van der Waals surface area contributed by atoms with Gasteiger partial charge >= 0.3 is 0 Å². The summed E-state index contributed by atoms with van der Waals surface area (Å²) in [4.78, 5) is 7.31. The third kappa shape index (κ3) is 4.87. The zero-order chi connectivity index (χ0) is 13.5. The molecule has 0 atom stereocenters. The Bertz CT molecular complexity index is 457. The lowest BCUT2D eigenvalue weighted by Crippen LogP contribution is -2.17. The van der Waals surface area contributed by atoms with E-state index in [1.54, 1.807) is 6.20 Å². The normalized spacial score (nSPS) is 11.1. The molecule has 19 heavy (non-hydrogen) atoms. The molecule has 2 aromatic rings. The molecule has 0 bridgehead atoms. The molecule has 1 heterocycles. The van der Waals surface area contributed by atoms with E-state index in [0.717, 1.165) is 37.7 Å². The van der Waals surface area contributed by atoms with E-state index < -0.39 is 0 Å². The van der Waals surface area contributed by atoms with Crippen molar-refractivity contribution in [2.24, 2.45) is 5.92 Å². The molecule has 0 aliphatic carbocycles. The van der Waals surface area contributed by atoms with E-state index >= 15 is 0 Å². The van der Waals surface area contributed by atoms with Gasteiger partial charge in [0.1, 0.15) is 5.82 Å². The Morgan fingerprint density at radius 1 is 1.16 bits per heavy atom. The fourth-order valence-electron chi connectivity index (χ4n) is 2.14. The van der Waals surface area contributed by atoms with Crippen LogP contribution >= 0.6 is 0 Å². The number of hydrogen-bond donors (Lipinski definition) is 2. The zero-order valence-electron chi connectivity index (χ0n) is 11.8. The van der Waals surface area contributed by atoms with E-state index in [-0.39, 0.29) is 0 Å². The topological polar surface area (TPSA) is 40.7 Å². The second-order valence-electron chi connectivity index (χ2n) is 5.38. The van der Waals surface area contributed by atoms with Crippen LogP contribution in [0.4, 0.5) is 0 Å². The molecule has 0 saturated heterocycles. The lowest BCUT2D eigenvalue weighted by molar-refractivity contribution is 0.646. The summed E-state index contributed by atoms with van der Waals surface area (Å²) in [5.41, 5.74) is 2.77. The number of benzene rings is 1. The predicted molar refractivity (Wildman–Crippen MR) is 79.0 cm³/mol. The fourth-order valence-corrected chi connectivity index (χ4v) is 2.14. The molecule has 2 N–H and O–H groups in total. The van der Waals surface area contributed by atoms with Crippen molar-refractivity contribution in [2.45, 2.75) is 33.2 Å². The molecule has 0 aliphatic heterocycles. The predicted octanol–water partition coefficient (Wildman–Crippen LogP) is 2.94. The van der Waals surface area contributed by atoms with Gasteiger partial charge < -0.3 is 10.3 Å². The Morgan fingerprint density at radius 2 is 1.89 bits per heavy atom. The van der Waals surface area contributed by atoms with Crippen molar-refractivity contribution in [1.29, 1.82) is 0 Å². The number of nitrogens with one attached hydrogen (secondary N) is 2. The molecule has 2 rings (SSSR count). The van der Waals surface area contributed by atoms with E-state index in [4.69, 9.17) is 0 Å². The van der Waals surface area contributed by atoms with Crippen molar-refractivity contribution in [3.8, 4) is 0 Å². The van der Waals surface area contributed by atoms with Gasteiger partial charge in [0, 0.05) is 31.9 Å². The summed E-state index contributed by atoms with van der Waals surface area (Å²) >= 11 is 0. The highest BCUT2D eigenvalue weighted by Crippen LogP contribution is 2.09. The van der Waals surface area contributed by atoms with Crippen molar-refractivity contribution < 1.29 is 0 Å². The molecule has 0 saturated carbocycles. The maximum Gasteiger partial charge on any atom is 0.107 e. The van der Waals surface area contributed by atoms with Gasteiger partial charge in [0.15, 0.2) is 0 Å². The fraction of sp³-hybridized carbons (Fsp3) is 0.438. The Kier molecular flexibility index (Phi) is 5.16. The minimum atomic E-state index is 0.720. The van der Waals surface area contributed by atoms with Crippen molar-refractivity contribution >= 4 is 0 Å². The molecule has 0 aliphatic rings. The first kappa shape index (κ1) is 13.8. The van der Waals surface area contributed by atoms with E-state index in [1.807, 2.05) is 6.20 Å². The van der Waals surface area contributed by atoms with E-state index in [2.05, 4.69) is 53.4 Å². The Hall–Kier alpha value is -1.61. The molecular formula is C16H23N3. The number of imidazole rings is 1. The van der Waals surface area contributed by atoms with Gasteiger partial charge in [-0.1, -0.05) is 38.1 Å². The van der Waals surface area contributed by atoms with E-state index in [1.165, 1.54) is 11.1 Å². The first-order chi connectivity index (χ1) is 9.24. The van der Waals surface area contributed by atoms with Crippen molar-refractivity contribution in [1.82, 2.24) is 15.3 Å². The summed E-state index contributed by atoms with van der Waals surface area (Å²) in [6.07, 6.45) is 5.76. The Balaban J connectivity index is 1.71. The average Bonchev–Trinajstić information content (AvgIpc) is 2.89. The van der Waals surface area contributed by atoms with Crippen molar-refractivity contribution in [3.05, 3.63) is 53.6 Å². The molecule has 0 spiro atoms. The van der Waals surface area contributed by atoms with Gasteiger partial charge in [0.2, 0.25) is 0 Å². The molecule has 0 fully saturated rings. The van der Waals surface area contributed by atoms with Crippen LogP contribution in [-0.4, -0.2) is 16.5 Å². The van der Waals surface area contributed by atoms with Gasteiger partial charge in [-0.25, -0.2) is 4.98 Å². The molecule has 1 aromatic heterocycles. The maximum absolute atomic E-state index is 4.20. The smallest absolute Gasteiger partial charge is 0.107 e. The van der Waals surface area contributed by atoms with Gasteiger partial charge in [-0.05, 0) is 23.5 Å². The number of rotatable bonds is 7. The van der Waals surface area contributed by atoms with Gasteiger partial charge in [0.05, 0.1) is 0 Å². The van der Waals surface area contributed by atoms with Crippen LogP contribution in [0.2, 0.25) is 0 Å². The lowest BCUT2D eigenvalue weighted by Gasteiger charge is -2.07. The second kappa shape index (κ2) is 7.10. The summed E-state index contributed by atoms with van der Waals surface area (Å²) in [6.45, 7) is 6.37. The third-order valence-electron chi connectivity index (χ3n) is 3.09. The number of H-pyrrole nitrogens is 1. The third-order valence-corrected chi connectivity index (χ3v) is 3.09. The summed E-state index contributed by atoms with van der Waals surface area (Å²) in [5, 5.41) is 3.44. The van der Waals surface area contributed by atoms with E-state index in [9.17, 15) is 0 Å². The Morgan fingerprint density at radius 3 is 2.53 bits per heavy atom. The van der Waals surface area contributed by atoms with Crippen molar-refractivity contribution in [2.75, 3.05) is 6.54 Å². The maximum atomic E-state index is 4.20. The molecular weight excluding hydrogens is 234 g/mol. The van der Waals surface area contributed by atoms with Crippen LogP contribution in [-0.2, 0) is 19.4 Å². The molecule has 102 valence electrons. The molecule has 0 radical (unpaired) electrons. The quantitative estimate of drug-likeness (QED) is 0.749. The van der Waals surface area contributed by atoms with Gasteiger partial charge in [0.25, 0.3) is 0 Å². The summed E-state index contributed by atoms with van der Waals surface area (Å²) in [5.74, 6) is 1.76. The van der Waals surface area contributed by atoms with Crippen LogP contribution in [0, 0.1) is 5.92 Å².